The third-order valence-corrected chi connectivity index (χ3v) is 2.07. The molecule has 0 atom stereocenters. The molecule has 0 radical (unpaired) electrons. The molecular formula is C7H2BrF3N2O2. The van der Waals surface area contributed by atoms with Gasteiger partial charge in [-0.2, -0.15) is 5.26 Å². The van der Waals surface area contributed by atoms with Gasteiger partial charge in [0.25, 0.3) is 5.56 Å². The molecule has 0 unspecified atom stereocenters. The quantitative estimate of drug-likeness (QED) is 0.856. The largest absolute Gasteiger partial charge is 0.573 e. The smallest absolute Gasteiger partial charge is 0.404 e. The van der Waals surface area contributed by atoms with E-state index in [0.29, 0.717) is 6.07 Å². The van der Waals surface area contributed by atoms with Crippen LogP contribution in [0.15, 0.2) is 15.3 Å². The Morgan fingerprint density at radius 1 is 1.53 bits per heavy atom. The third kappa shape index (κ3) is 2.99. The molecule has 8 heteroatoms. The van der Waals surface area contributed by atoms with E-state index in [-0.39, 0.29) is 10.2 Å². The summed E-state index contributed by atoms with van der Waals surface area (Å²) in [6.45, 7) is 0. The third-order valence-electron chi connectivity index (χ3n) is 1.28. The molecule has 0 saturated carbocycles. The first-order chi connectivity index (χ1) is 6.83. The lowest BCUT2D eigenvalue weighted by Crippen LogP contribution is -2.19. The van der Waals surface area contributed by atoms with Gasteiger partial charge in [0.1, 0.15) is 11.8 Å². The van der Waals surface area contributed by atoms with Crippen LogP contribution < -0.4 is 10.3 Å². The summed E-state index contributed by atoms with van der Waals surface area (Å²) in [5.41, 5.74) is -1.18. The van der Waals surface area contributed by atoms with E-state index >= 15 is 0 Å². The van der Waals surface area contributed by atoms with Crippen LogP contribution in [0, 0.1) is 11.3 Å². The lowest BCUT2D eigenvalue weighted by Gasteiger charge is -2.10. The highest BCUT2D eigenvalue weighted by Gasteiger charge is 2.32. The van der Waals surface area contributed by atoms with Crippen molar-refractivity contribution in [2.24, 2.45) is 0 Å². The first kappa shape index (κ1) is 11.6. The number of aromatic amines is 1. The molecule has 0 aromatic carbocycles. The Morgan fingerprint density at radius 2 is 2.13 bits per heavy atom. The summed E-state index contributed by atoms with van der Waals surface area (Å²) < 4.78 is 38.8. The van der Waals surface area contributed by atoms with E-state index in [4.69, 9.17) is 5.26 Å². The minimum atomic E-state index is -4.91. The number of nitrogens with zero attached hydrogens (tertiary/aromatic N) is 1. The summed E-state index contributed by atoms with van der Waals surface area (Å²) in [7, 11) is 0. The highest BCUT2D eigenvalue weighted by atomic mass is 79.9. The topological polar surface area (TPSA) is 65.9 Å². The highest BCUT2D eigenvalue weighted by molar-refractivity contribution is 9.10. The van der Waals surface area contributed by atoms with Gasteiger partial charge in [0.15, 0.2) is 5.75 Å². The normalized spacial score (nSPS) is 10.9. The van der Waals surface area contributed by atoms with Gasteiger partial charge in [-0.05, 0) is 15.9 Å². The fourth-order valence-corrected chi connectivity index (χ4v) is 1.18. The van der Waals surface area contributed by atoms with Crippen molar-refractivity contribution < 1.29 is 17.9 Å². The van der Waals surface area contributed by atoms with Crippen LogP contribution in [0.3, 0.4) is 0 Å². The molecule has 1 aromatic heterocycles. The molecule has 0 saturated heterocycles. The van der Waals surface area contributed by atoms with E-state index in [1.54, 1.807) is 0 Å². The molecule has 0 amide bonds. The SMILES string of the molecule is N#Cc1[nH]c(=O)cc(OC(F)(F)F)c1Br. The van der Waals surface area contributed by atoms with Crippen LogP contribution in [0.25, 0.3) is 0 Å². The van der Waals surface area contributed by atoms with Gasteiger partial charge in [0.05, 0.1) is 4.47 Å². The summed E-state index contributed by atoms with van der Waals surface area (Å²) in [4.78, 5) is 12.9. The van der Waals surface area contributed by atoms with E-state index in [0.717, 1.165) is 0 Å². The van der Waals surface area contributed by atoms with E-state index < -0.39 is 17.7 Å². The molecule has 0 spiro atoms. The van der Waals surface area contributed by atoms with Crippen LogP contribution in [-0.4, -0.2) is 11.3 Å². The number of nitriles is 1. The van der Waals surface area contributed by atoms with Crippen LogP contribution in [0.5, 0.6) is 5.75 Å². The Morgan fingerprint density at radius 3 is 2.60 bits per heavy atom. The van der Waals surface area contributed by atoms with Gasteiger partial charge in [-0.3, -0.25) is 4.79 Å². The second-order valence-electron chi connectivity index (χ2n) is 2.35. The monoisotopic (exact) mass is 282 g/mol. The summed E-state index contributed by atoms with van der Waals surface area (Å²) in [6, 6.07) is 2.11. The zero-order chi connectivity index (χ0) is 11.6. The fraction of sp³-hybridized carbons (Fsp3) is 0.143. The first-order valence-electron chi connectivity index (χ1n) is 3.42. The van der Waals surface area contributed by atoms with Crippen molar-refractivity contribution in [2.45, 2.75) is 6.36 Å². The van der Waals surface area contributed by atoms with Crippen molar-refractivity contribution in [1.29, 1.82) is 5.26 Å². The van der Waals surface area contributed by atoms with Gasteiger partial charge in [-0.1, -0.05) is 0 Å². The van der Waals surface area contributed by atoms with Crippen molar-refractivity contribution in [3.05, 3.63) is 26.6 Å². The van der Waals surface area contributed by atoms with Crippen molar-refractivity contribution in [1.82, 2.24) is 4.98 Å². The molecule has 1 rings (SSSR count). The standard InChI is InChI=1S/C7H2BrF3N2O2/c8-6-3(2-12)13-5(14)1-4(6)15-7(9,10)11/h1H,(H,13,14). The molecule has 0 aliphatic carbocycles. The fourth-order valence-electron chi connectivity index (χ4n) is 0.796. The Hall–Kier alpha value is -1.49. The van der Waals surface area contributed by atoms with Crippen LogP contribution in [0.1, 0.15) is 5.69 Å². The number of aromatic nitrogens is 1. The number of nitrogens with one attached hydrogen (secondary N) is 1. The van der Waals surface area contributed by atoms with Crippen molar-refractivity contribution in [2.75, 3.05) is 0 Å². The number of H-pyrrole nitrogens is 1. The van der Waals surface area contributed by atoms with Crippen molar-refractivity contribution >= 4 is 15.9 Å². The molecule has 0 aliphatic rings. The van der Waals surface area contributed by atoms with Crippen molar-refractivity contribution in [3.8, 4) is 11.8 Å². The van der Waals surface area contributed by atoms with Gasteiger partial charge in [-0.15, -0.1) is 13.2 Å². The Labute approximate surface area is 89.4 Å². The molecule has 1 aromatic rings. The van der Waals surface area contributed by atoms with Gasteiger partial charge >= 0.3 is 6.36 Å². The number of ether oxygens (including phenoxy) is 1. The van der Waals surface area contributed by atoms with E-state index in [2.05, 4.69) is 20.7 Å². The van der Waals surface area contributed by atoms with Crippen LogP contribution >= 0.6 is 15.9 Å². The number of pyridine rings is 1. The maximum absolute atomic E-state index is 11.9. The van der Waals surface area contributed by atoms with E-state index in [9.17, 15) is 18.0 Å². The zero-order valence-electron chi connectivity index (χ0n) is 6.85. The molecule has 80 valence electrons. The average Bonchev–Trinajstić information content (AvgIpc) is 2.08. The maximum atomic E-state index is 11.9. The van der Waals surface area contributed by atoms with Gasteiger partial charge in [0, 0.05) is 6.07 Å². The molecule has 0 fully saturated rings. The molecule has 1 heterocycles. The number of rotatable bonds is 1. The lowest BCUT2D eigenvalue weighted by atomic mass is 10.3. The second-order valence-corrected chi connectivity index (χ2v) is 3.14. The average molecular weight is 283 g/mol. The van der Waals surface area contributed by atoms with Crippen LogP contribution in [-0.2, 0) is 0 Å². The van der Waals surface area contributed by atoms with Crippen molar-refractivity contribution in [3.63, 3.8) is 0 Å². The molecule has 0 bridgehead atoms. The molecule has 15 heavy (non-hydrogen) atoms. The molecule has 1 N–H and O–H groups in total. The second kappa shape index (κ2) is 3.94. The highest BCUT2D eigenvalue weighted by Crippen LogP contribution is 2.30. The Bertz CT molecular complexity index is 475. The maximum Gasteiger partial charge on any atom is 0.573 e. The Kier molecular flexibility index (Phi) is 3.04. The summed E-state index contributed by atoms with van der Waals surface area (Å²) in [6.07, 6.45) is -4.91. The van der Waals surface area contributed by atoms with Crippen LogP contribution in [0.4, 0.5) is 13.2 Å². The van der Waals surface area contributed by atoms with E-state index in [1.165, 1.54) is 6.07 Å². The number of alkyl halides is 3. The zero-order valence-corrected chi connectivity index (χ0v) is 8.44. The molecular weight excluding hydrogens is 281 g/mol. The van der Waals surface area contributed by atoms with Gasteiger partial charge < -0.3 is 9.72 Å². The molecule has 0 aliphatic heterocycles. The molecule has 4 nitrogen and oxygen atoms in total. The summed E-state index contributed by atoms with van der Waals surface area (Å²) in [5.74, 6) is -0.747. The van der Waals surface area contributed by atoms with E-state index in [1.807, 2.05) is 4.98 Å². The Balaban J connectivity index is 3.26. The number of hydrogen-bond donors (Lipinski definition) is 1. The predicted octanol–water partition coefficient (Wildman–Crippen LogP) is 1.91. The summed E-state index contributed by atoms with van der Waals surface area (Å²) >= 11 is 2.71. The lowest BCUT2D eigenvalue weighted by molar-refractivity contribution is -0.274. The first-order valence-corrected chi connectivity index (χ1v) is 4.21. The summed E-state index contributed by atoms with van der Waals surface area (Å²) in [5, 5.41) is 8.48. The minimum Gasteiger partial charge on any atom is -0.404 e. The number of halogens is 4. The van der Waals surface area contributed by atoms with Crippen LogP contribution in [0.2, 0.25) is 0 Å². The number of hydrogen-bond acceptors (Lipinski definition) is 3. The van der Waals surface area contributed by atoms with Gasteiger partial charge in [0.2, 0.25) is 0 Å². The van der Waals surface area contributed by atoms with Gasteiger partial charge in [-0.25, -0.2) is 0 Å². The minimum absolute atomic E-state index is 0.248. The predicted molar refractivity (Wildman–Crippen MR) is 46.2 cm³/mol.